The Balaban J connectivity index is 1.46. The number of nitrogens with two attached hydrogens (primary N) is 2. The zero-order valence-corrected chi connectivity index (χ0v) is 15.8. The zero-order chi connectivity index (χ0) is 20.4. The summed E-state index contributed by atoms with van der Waals surface area (Å²) in [5.41, 5.74) is 14.6. The number of anilines is 1. The van der Waals surface area contributed by atoms with Crippen LogP contribution in [-0.2, 0) is 9.59 Å². The van der Waals surface area contributed by atoms with E-state index in [4.69, 9.17) is 16.5 Å². The van der Waals surface area contributed by atoms with E-state index in [0.29, 0.717) is 24.4 Å². The van der Waals surface area contributed by atoms with E-state index in [1.165, 1.54) is 0 Å². The van der Waals surface area contributed by atoms with Gasteiger partial charge in [-0.2, -0.15) is 14.7 Å². The Labute approximate surface area is 166 Å². The maximum Gasteiger partial charge on any atom is 0.237 e. The van der Waals surface area contributed by atoms with Crippen LogP contribution in [0.3, 0.4) is 0 Å². The van der Waals surface area contributed by atoms with Crippen molar-refractivity contribution in [1.82, 2.24) is 35.4 Å². The summed E-state index contributed by atoms with van der Waals surface area (Å²) in [6.07, 6.45) is 6.80. The standard InChI is InChI=1S/C18H23N9O2/c19-15-5-14(26-17-12(9-25-27(15)17)11-7-23-24-8-11)10-1-2-13(22-6-10)18(29)21-4-3-16(20)28/h5,7-10,13,22H,1-4,6,19H2,(H2,20,28)(H,21,29)(H,23,24)/t10-,13-/m0/s1. The van der Waals surface area contributed by atoms with Gasteiger partial charge in [0, 0.05) is 48.8 Å². The van der Waals surface area contributed by atoms with Crippen LogP contribution in [0.1, 0.15) is 30.9 Å². The quantitative estimate of drug-likeness (QED) is 0.374. The van der Waals surface area contributed by atoms with Crippen LogP contribution in [-0.4, -0.2) is 55.7 Å². The molecule has 0 bridgehead atoms. The van der Waals surface area contributed by atoms with Gasteiger partial charge in [0.1, 0.15) is 5.82 Å². The van der Waals surface area contributed by atoms with Crippen molar-refractivity contribution in [2.75, 3.05) is 18.8 Å². The lowest BCUT2D eigenvalue weighted by Gasteiger charge is -2.29. The molecule has 1 aliphatic rings. The van der Waals surface area contributed by atoms with E-state index in [-0.39, 0.29) is 30.8 Å². The van der Waals surface area contributed by atoms with E-state index < -0.39 is 5.91 Å². The molecule has 29 heavy (non-hydrogen) atoms. The lowest BCUT2D eigenvalue weighted by Crippen LogP contribution is -2.49. The van der Waals surface area contributed by atoms with Crippen molar-refractivity contribution in [2.45, 2.75) is 31.2 Å². The van der Waals surface area contributed by atoms with Gasteiger partial charge < -0.3 is 22.1 Å². The van der Waals surface area contributed by atoms with E-state index >= 15 is 0 Å². The molecular formula is C18H23N9O2. The highest BCUT2D eigenvalue weighted by atomic mass is 16.2. The van der Waals surface area contributed by atoms with Crippen molar-refractivity contribution >= 4 is 23.3 Å². The third-order valence-corrected chi connectivity index (χ3v) is 5.15. The predicted octanol–water partition coefficient (Wildman–Crippen LogP) is -0.471. The number of amides is 2. The van der Waals surface area contributed by atoms with Gasteiger partial charge in [0.05, 0.1) is 24.1 Å². The van der Waals surface area contributed by atoms with Crippen LogP contribution in [0.25, 0.3) is 16.8 Å². The van der Waals surface area contributed by atoms with Crippen molar-refractivity contribution in [3.05, 3.63) is 30.4 Å². The van der Waals surface area contributed by atoms with E-state index in [0.717, 1.165) is 23.2 Å². The monoisotopic (exact) mass is 397 g/mol. The van der Waals surface area contributed by atoms with E-state index in [2.05, 4.69) is 25.9 Å². The molecule has 3 aromatic rings. The molecule has 4 heterocycles. The van der Waals surface area contributed by atoms with E-state index in [1.807, 2.05) is 6.07 Å². The maximum absolute atomic E-state index is 12.2. The molecule has 4 rings (SSSR count). The lowest BCUT2D eigenvalue weighted by molar-refractivity contribution is -0.124. The average Bonchev–Trinajstić information content (AvgIpc) is 3.37. The number of H-pyrrole nitrogens is 1. The second-order valence-corrected chi connectivity index (χ2v) is 7.13. The fourth-order valence-electron chi connectivity index (χ4n) is 3.58. The molecular weight excluding hydrogens is 374 g/mol. The number of hydrogen-bond acceptors (Lipinski definition) is 7. The molecule has 7 N–H and O–H groups in total. The summed E-state index contributed by atoms with van der Waals surface area (Å²) in [7, 11) is 0. The summed E-state index contributed by atoms with van der Waals surface area (Å²) in [6, 6.07) is 1.54. The number of nitrogen functional groups attached to an aromatic ring is 1. The molecule has 0 radical (unpaired) electrons. The van der Waals surface area contributed by atoms with E-state index in [1.54, 1.807) is 23.1 Å². The van der Waals surface area contributed by atoms with Crippen molar-refractivity contribution in [3.8, 4) is 11.1 Å². The number of aromatic nitrogens is 5. The predicted molar refractivity (Wildman–Crippen MR) is 106 cm³/mol. The SMILES string of the molecule is NC(=O)CCNC(=O)[C@@H]1CC[C@H](c2cc(N)n3ncc(-c4cn[nH]c4)c3n2)CN1. The number of primary amides is 1. The summed E-state index contributed by atoms with van der Waals surface area (Å²) in [5, 5.41) is 17.1. The normalized spacial score (nSPS) is 19.3. The van der Waals surface area contributed by atoms with Gasteiger partial charge in [0.2, 0.25) is 11.8 Å². The van der Waals surface area contributed by atoms with Crippen molar-refractivity contribution < 1.29 is 9.59 Å². The number of hydrogen-bond donors (Lipinski definition) is 5. The Bertz CT molecular complexity index is 1020. The van der Waals surface area contributed by atoms with Crippen LogP contribution in [0.4, 0.5) is 5.82 Å². The number of fused-ring (bicyclic) bond motifs is 1. The summed E-state index contributed by atoms with van der Waals surface area (Å²) in [6.45, 7) is 0.855. The third kappa shape index (κ3) is 3.90. The number of aromatic amines is 1. The Morgan fingerprint density at radius 3 is 2.86 bits per heavy atom. The van der Waals surface area contributed by atoms with Crippen LogP contribution in [0.5, 0.6) is 0 Å². The average molecular weight is 397 g/mol. The molecule has 0 aromatic carbocycles. The molecule has 2 atom stereocenters. The minimum Gasteiger partial charge on any atom is -0.384 e. The molecule has 3 aromatic heterocycles. The summed E-state index contributed by atoms with van der Waals surface area (Å²) >= 11 is 0. The van der Waals surface area contributed by atoms with Gasteiger partial charge in [-0.05, 0) is 12.8 Å². The van der Waals surface area contributed by atoms with Crippen LogP contribution in [0.2, 0.25) is 0 Å². The maximum atomic E-state index is 12.2. The first kappa shape index (κ1) is 18.9. The third-order valence-electron chi connectivity index (χ3n) is 5.15. The topological polar surface area (TPSA) is 169 Å². The zero-order valence-electron chi connectivity index (χ0n) is 15.8. The number of piperidine rings is 1. The van der Waals surface area contributed by atoms with Gasteiger partial charge >= 0.3 is 0 Å². The van der Waals surface area contributed by atoms with Gasteiger partial charge in [-0.25, -0.2) is 4.98 Å². The van der Waals surface area contributed by atoms with Crippen molar-refractivity contribution in [2.24, 2.45) is 5.73 Å². The molecule has 11 nitrogen and oxygen atoms in total. The van der Waals surface area contributed by atoms with E-state index in [9.17, 15) is 9.59 Å². The lowest BCUT2D eigenvalue weighted by atomic mass is 9.91. The van der Waals surface area contributed by atoms with Gasteiger partial charge in [-0.3, -0.25) is 14.7 Å². The fraction of sp³-hybridized carbons (Fsp3) is 0.389. The smallest absolute Gasteiger partial charge is 0.237 e. The van der Waals surface area contributed by atoms with Crippen molar-refractivity contribution in [3.63, 3.8) is 0 Å². The second kappa shape index (κ2) is 7.87. The summed E-state index contributed by atoms with van der Waals surface area (Å²) < 4.78 is 1.61. The highest BCUT2D eigenvalue weighted by molar-refractivity contribution is 5.82. The molecule has 1 aliphatic heterocycles. The highest BCUT2D eigenvalue weighted by Gasteiger charge is 2.28. The fourth-order valence-corrected chi connectivity index (χ4v) is 3.58. The van der Waals surface area contributed by atoms with Crippen LogP contribution < -0.4 is 22.1 Å². The largest absolute Gasteiger partial charge is 0.384 e. The number of nitrogens with zero attached hydrogens (tertiary/aromatic N) is 4. The highest BCUT2D eigenvalue weighted by Crippen LogP contribution is 2.29. The van der Waals surface area contributed by atoms with Gasteiger partial charge in [-0.1, -0.05) is 0 Å². The van der Waals surface area contributed by atoms with Crippen LogP contribution in [0, 0.1) is 0 Å². The molecule has 11 heteroatoms. The Kier molecular flexibility index (Phi) is 5.12. The first-order valence-corrected chi connectivity index (χ1v) is 9.45. The first-order valence-electron chi connectivity index (χ1n) is 9.45. The minimum absolute atomic E-state index is 0.120. The van der Waals surface area contributed by atoms with Crippen molar-refractivity contribution in [1.29, 1.82) is 0 Å². The molecule has 0 unspecified atom stereocenters. The Morgan fingerprint density at radius 1 is 1.31 bits per heavy atom. The molecule has 1 fully saturated rings. The van der Waals surface area contributed by atoms with Crippen LogP contribution in [0.15, 0.2) is 24.7 Å². The van der Waals surface area contributed by atoms with Gasteiger partial charge in [-0.15, -0.1) is 0 Å². The molecule has 0 spiro atoms. The Morgan fingerprint density at radius 2 is 2.17 bits per heavy atom. The molecule has 152 valence electrons. The van der Waals surface area contributed by atoms with Crippen LogP contribution >= 0.6 is 0 Å². The number of rotatable bonds is 6. The molecule has 1 saturated heterocycles. The number of carbonyl (C=O) groups is 2. The molecule has 0 saturated carbocycles. The minimum atomic E-state index is -0.435. The number of nitrogens with one attached hydrogen (secondary N) is 3. The summed E-state index contributed by atoms with van der Waals surface area (Å²) in [4.78, 5) is 27.8. The summed E-state index contributed by atoms with van der Waals surface area (Å²) in [5.74, 6) is 0.0801. The molecule has 0 aliphatic carbocycles. The second-order valence-electron chi connectivity index (χ2n) is 7.13. The van der Waals surface area contributed by atoms with Gasteiger partial charge in [0.15, 0.2) is 5.65 Å². The number of carbonyl (C=O) groups excluding carboxylic acids is 2. The Hall–Kier alpha value is -3.47. The first-order chi connectivity index (χ1) is 14.0. The molecule has 2 amide bonds. The van der Waals surface area contributed by atoms with Gasteiger partial charge in [0.25, 0.3) is 0 Å².